The Labute approximate surface area is 115 Å². The first-order valence-electron chi connectivity index (χ1n) is 5.48. The third-order valence-corrected chi connectivity index (χ3v) is 5.38. The van der Waals surface area contributed by atoms with Gasteiger partial charge in [0.05, 0.1) is 0 Å². The van der Waals surface area contributed by atoms with Crippen LogP contribution in [0.15, 0.2) is 21.5 Å². The Morgan fingerprint density at radius 1 is 1.44 bits per heavy atom. The Morgan fingerprint density at radius 3 is 2.44 bits per heavy atom. The van der Waals surface area contributed by atoms with E-state index in [-0.39, 0.29) is 18.3 Å². The molecule has 0 aliphatic rings. The Kier molecular flexibility index (Phi) is 4.74. The molecule has 0 radical (unpaired) electrons. The van der Waals surface area contributed by atoms with Crippen molar-refractivity contribution >= 4 is 31.6 Å². The van der Waals surface area contributed by atoms with E-state index in [2.05, 4.69) is 15.9 Å². The second-order valence-electron chi connectivity index (χ2n) is 4.11. The number of nitrogens with zero attached hydrogens (tertiary/aromatic N) is 1. The molecule has 102 valence electrons. The van der Waals surface area contributed by atoms with E-state index < -0.39 is 20.7 Å². The van der Waals surface area contributed by atoms with Gasteiger partial charge in [-0.3, -0.25) is 0 Å². The average molecular weight is 339 g/mol. The van der Waals surface area contributed by atoms with E-state index in [0.29, 0.717) is 4.47 Å². The van der Waals surface area contributed by atoms with Gasteiger partial charge in [-0.15, -0.1) is 0 Å². The second kappa shape index (κ2) is 5.54. The van der Waals surface area contributed by atoms with Crippen LogP contribution in [0.25, 0.3) is 0 Å². The van der Waals surface area contributed by atoms with Gasteiger partial charge >= 0.3 is 0 Å². The highest BCUT2D eigenvalue weighted by atomic mass is 79.9. The quantitative estimate of drug-likeness (QED) is 0.858. The molecule has 0 atom stereocenters. The molecule has 0 unspecified atom stereocenters. The molecule has 1 aromatic rings. The van der Waals surface area contributed by atoms with Crippen LogP contribution in [-0.2, 0) is 10.0 Å². The number of benzene rings is 1. The fourth-order valence-corrected chi connectivity index (χ4v) is 3.73. The summed E-state index contributed by atoms with van der Waals surface area (Å²) in [6.07, 6.45) is 0. The third kappa shape index (κ3) is 2.84. The zero-order valence-corrected chi connectivity index (χ0v) is 12.8. The summed E-state index contributed by atoms with van der Waals surface area (Å²) in [7, 11) is -3.86. The Bertz CT molecular complexity index is 546. The maximum Gasteiger partial charge on any atom is 0.246 e. The fourth-order valence-electron chi connectivity index (χ4n) is 1.68. The molecule has 1 aromatic carbocycles. The molecule has 7 heteroatoms. The molecule has 18 heavy (non-hydrogen) atoms. The summed E-state index contributed by atoms with van der Waals surface area (Å²) in [5.41, 5.74) is 5.80. The first-order valence-corrected chi connectivity index (χ1v) is 7.71. The van der Waals surface area contributed by atoms with Crippen LogP contribution in [0.1, 0.15) is 20.8 Å². The average Bonchev–Trinajstić information content (AvgIpc) is 2.23. The van der Waals surface area contributed by atoms with Crippen LogP contribution in [0, 0.1) is 5.82 Å². The molecule has 0 aliphatic carbocycles. The van der Waals surface area contributed by atoms with E-state index in [1.54, 1.807) is 20.8 Å². The number of sulfonamides is 1. The third-order valence-electron chi connectivity index (χ3n) is 2.53. The van der Waals surface area contributed by atoms with Gasteiger partial charge in [0.2, 0.25) is 10.0 Å². The van der Waals surface area contributed by atoms with Gasteiger partial charge in [0.15, 0.2) is 0 Å². The summed E-state index contributed by atoms with van der Waals surface area (Å²) >= 11 is 3.06. The highest BCUT2D eigenvalue weighted by molar-refractivity contribution is 9.10. The largest absolute Gasteiger partial charge is 0.398 e. The van der Waals surface area contributed by atoms with Crippen molar-refractivity contribution in [3.05, 3.63) is 22.4 Å². The molecule has 1 rings (SSSR count). The molecular formula is C11H16BrFN2O2S. The van der Waals surface area contributed by atoms with Crippen molar-refractivity contribution in [2.75, 3.05) is 12.3 Å². The smallest absolute Gasteiger partial charge is 0.246 e. The first-order chi connectivity index (χ1) is 8.21. The monoisotopic (exact) mass is 338 g/mol. The molecular weight excluding hydrogens is 323 g/mol. The van der Waals surface area contributed by atoms with Crippen LogP contribution in [-0.4, -0.2) is 25.3 Å². The maximum absolute atomic E-state index is 13.8. The van der Waals surface area contributed by atoms with Crippen LogP contribution in [0.2, 0.25) is 0 Å². The predicted octanol–water partition coefficient (Wildman–Crippen LogP) is 2.59. The first kappa shape index (κ1) is 15.4. The summed E-state index contributed by atoms with van der Waals surface area (Å²) in [4.78, 5) is -0.390. The molecule has 0 bridgehead atoms. The minimum atomic E-state index is -3.86. The number of rotatable bonds is 4. The summed E-state index contributed by atoms with van der Waals surface area (Å²) in [5.74, 6) is -0.810. The van der Waals surface area contributed by atoms with Crippen LogP contribution in [0.3, 0.4) is 0 Å². The predicted molar refractivity (Wildman–Crippen MR) is 73.2 cm³/mol. The molecule has 0 aliphatic heterocycles. The summed E-state index contributed by atoms with van der Waals surface area (Å²) < 4.78 is 40.0. The van der Waals surface area contributed by atoms with Crippen molar-refractivity contribution in [1.82, 2.24) is 4.31 Å². The van der Waals surface area contributed by atoms with E-state index in [0.717, 1.165) is 12.1 Å². The number of hydrogen-bond donors (Lipinski definition) is 1. The van der Waals surface area contributed by atoms with Crippen molar-refractivity contribution in [1.29, 1.82) is 0 Å². The fraction of sp³-hybridized carbons (Fsp3) is 0.455. The van der Waals surface area contributed by atoms with Gasteiger partial charge in [-0.2, -0.15) is 4.31 Å². The van der Waals surface area contributed by atoms with Gasteiger partial charge in [0.1, 0.15) is 10.7 Å². The van der Waals surface area contributed by atoms with Crippen molar-refractivity contribution in [2.45, 2.75) is 31.7 Å². The number of nitrogens with two attached hydrogens (primary N) is 1. The summed E-state index contributed by atoms with van der Waals surface area (Å²) in [6, 6.07) is 1.96. The van der Waals surface area contributed by atoms with Gasteiger partial charge in [-0.05, 0) is 41.9 Å². The minimum absolute atomic E-state index is 0.190. The lowest BCUT2D eigenvalue weighted by molar-refractivity contribution is 0.367. The Hall–Kier alpha value is -0.660. The Morgan fingerprint density at radius 2 is 2.00 bits per heavy atom. The molecule has 0 aromatic heterocycles. The molecule has 2 N–H and O–H groups in total. The van der Waals surface area contributed by atoms with E-state index in [1.165, 1.54) is 4.31 Å². The number of nitrogen functional groups attached to an aromatic ring is 1. The van der Waals surface area contributed by atoms with Gasteiger partial charge in [0, 0.05) is 22.7 Å². The lowest BCUT2D eigenvalue weighted by atomic mass is 10.3. The molecule has 0 saturated heterocycles. The van der Waals surface area contributed by atoms with Gasteiger partial charge < -0.3 is 5.73 Å². The zero-order valence-electron chi connectivity index (χ0n) is 10.4. The van der Waals surface area contributed by atoms with Crippen molar-refractivity contribution in [2.24, 2.45) is 0 Å². The lowest BCUT2D eigenvalue weighted by Gasteiger charge is -2.24. The van der Waals surface area contributed by atoms with E-state index in [4.69, 9.17) is 5.73 Å². The second-order valence-corrected chi connectivity index (χ2v) is 6.82. The van der Waals surface area contributed by atoms with Crippen molar-refractivity contribution < 1.29 is 12.8 Å². The highest BCUT2D eigenvalue weighted by Crippen LogP contribution is 2.28. The van der Waals surface area contributed by atoms with Crippen LogP contribution >= 0.6 is 15.9 Å². The van der Waals surface area contributed by atoms with Gasteiger partial charge in [-0.1, -0.05) is 6.92 Å². The molecule has 0 fully saturated rings. The van der Waals surface area contributed by atoms with Gasteiger partial charge in [-0.25, -0.2) is 12.8 Å². The van der Waals surface area contributed by atoms with E-state index in [1.807, 2.05) is 0 Å². The van der Waals surface area contributed by atoms with Crippen molar-refractivity contribution in [3.8, 4) is 0 Å². The van der Waals surface area contributed by atoms with Crippen LogP contribution in [0.4, 0.5) is 10.1 Å². The van der Waals surface area contributed by atoms with Crippen LogP contribution in [0.5, 0.6) is 0 Å². The molecule has 4 nitrogen and oxygen atoms in total. The van der Waals surface area contributed by atoms with Crippen molar-refractivity contribution in [3.63, 3.8) is 0 Å². The maximum atomic E-state index is 13.8. The van der Waals surface area contributed by atoms with E-state index in [9.17, 15) is 12.8 Å². The molecule has 0 saturated carbocycles. The minimum Gasteiger partial charge on any atom is -0.398 e. The molecule has 0 spiro atoms. The number of anilines is 1. The highest BCUT2D eigenvalue weighted by Gasteiger charge is 2.29. The molecule has 0 amide bonds. The van der Waals surface area contributed by atoms with Crippen LogP contribution < -0.4 is 5.73 Å². The lowest BCUT2D eigenvalue weighted by Crippen LogP contribution is -2.37. The summed E-state index contributed by atoms with van der Waals surface area (Å²) in [5, 5.41) is 0. The molecule has 0 heterocycles. The zero-order chi connectivity index (χ0) is 14.1. The SMILES string of the molecule is CCN(C(C)C)S(=O)(=O)c1cc(N)c(Br)cc1F. The standard InChI is InChI=1S/C11H16BrFN2O2S/c1-4-15(7(2)3)18(16,17)11-6-10(14)8(12)5-9(11)13/h5-7H,4,14H2,1-3H3. The number of halogens is 2. The summed E-state index contributed by atoms with van der Waals surface area (Å²) in [6.45, 7) is 5.45. The van der Waals surface area contributed by atoms with Gasteiger partial charge in [0.25, 0.3) is 0 Å². The van der Waals surface area contributed by atoms with E-state index >= 15 is 0 Å². The number of hydrogen-bond acceptors (Lipinski definition) is 3. The normalized spacial score (nSPS) is 12.4. The Balaban J connectivity index is 3.41. The topological polar surface area (TPSA) is 63.4 Å².